The van der Waals surface area contributed by atoms with Crippen LogP contribution in [0.4, 0.5) is 0 Å². The van der Waals surface area contributed by atoms with Crippen LogP contribution < -0.4 is 9.47 Å². The molecule has 0 bridgehead atoms. The van der Waals surface area contributed by atoms with Crippen LogP contribution in [-0.2, 0) is 0 Å². The van der Waals surface area contributed by atoms with Crippen molar-refractivity contribution in [1.29, 1.82) is 0 Å². The Bertz CT molecular complexity index is 378. The van der Waals surface area contributed by atoms with Gasteiger partial charge in [0.25, 0.3) is 0 Å². The zero-order valence-corrected chi connectivity index (χ0v) is 11.6. The third-order valence-corrected chi connectivity index (χ3v) is 2.94. The molecule has 88 valence electrons. The van der Waals surface area contributed by atoms with E-state index < -0.39 is 0 Å². The largest absolute Gasteiger partial charge is 0.493 e. The van der Waals surface area contributed by atoms with Gasteiger partial charge in [0.05, 0.1) is 19.2 Å². The number of hydrogen-bond donors (Lipinski definition) is 0. The van der Waals surface area contributed by atoms with Crippen LogP contribution in [0, 0.1) is 0 Å². The number of alkyl halides is 1. The standard InChI is InChI=1S/C12H14BrClO2/c1-15-10-7-6-9(5-3-4-8-13)11(14)12(10)16-2/h3,5-7H,4,8H2,1-2H3/b5-3+. The minimum atomic E-state index is 0.574. The second-order valence-electron chi connectivity index (χ2n) is 3.08. The summed E-state index contributed by atoms with van der Waals surface area (Å²) in [5, 5.41) is 1.52. The predicted octanol–water partition coefficient (Wildman–Crippen LogP) is 4.16. The van der Waals surface area contributed by atoms with Gasteiger partial charge >= 0.3 is 0 Å². The predicted molar refractivity (Wildman–Crippen MR) is 72.0 cm³/mol. The number of allylic oxidation sites excluding steroid dienone is 1. The molecule has 0 amide bonds. The Morgan fingerprint density at radius 3 is 2.62 bits per heavy atom. The van der Waals surface area contributed by atoms with Crippen molar-refractivity contribution in [3.05, 3.63) is 28.8 Å². The second-order valence-corrected chi connectivity index (χ2v) is 4.26. The van der Waals surface area contributed by atoms with Crippen LogP contribution >= 0.6 is 27.5 Å². The summed E-state index contributed by atoms with van der Waals surface area (Å²) in [6.07, 6.45) is 5.00. The average molecular weight is 306 g/mol. The molecule has 1 aromatic rings. The molecule has 1 rings (SSSR count). The number of rotatable bonds is 5. The lowest BCUT2D eigenvalue weighted by atomic mass is 10.1. The molecule has 0 saturated carbocycles. The fourth-order valence-electron chi connectivity index (χ4n) is 1.31. The molecule has 0 fully saturated rings. The summed E-state index contributed by atoms with van der Waals surface area (Å²) in [5.74, 6) is 1.22. The van der Waals surface area contributed by atoms with Gasteiger partial charge in [-0.2, -0.15) is 0 Å². The topological polar surface area (TPSA) is 18.5 Å². The third kappa shape index (κ3) is 3.16. The second kappa shape index (κ2) is 6.81. The van der Waals surface area contributed by atoms with Gasteiger partial charge in [-0.1, -0.05) is 39.7 Å². The van der Waals surface area contributed by atoms with Crippen molar-refractivity contribution < 1.29 is 9.47 Å². The molecule has 0 aliphatic rings. The van der Waals surface area contributed by atoms with Crippen LogP contribution in [0.2, 0.25) is 5.02 Å². The Morgan fingerprint density at radius 1 is 1.31 bits per heavy atom. The molecule has 0 radical (unpaired) electrons. The first-order valence-electron chi connectivity index (χ1n) is 4.87. The van der Waals surface area contributed by atoms with E-state index in [2.05, 4.69) is 22.0 Å². The minimum Gasteiger partial charge on any atom is -0.493 e. The molecule has 0 spiro atoms. The molecular formula is C12H14BrClO2. The summed E-state index contributed by atoms with van der Waals surface area (Å²) in [6.45, 7) is 0. The molecule has 0 aliphatic carbocycles. The normalized spacial score (nSPS) is 10.8. The van der Waals surface area contributed by atoms with Crippen LogP contribution in [0.1, 0.15) is 12.0 Å². The summed E-state index contributed by atoms with van der Waals surface area (Å²) in [7, 11) is 3.17. The van der Waals surface area contributed by atoms with E-state index in [0.29, 0.717) is 16.5 Å². The van der Waals surface area contributed by atoms with E-state index in [0.717, 1.165) is 17.3 Å². The lowest BCUT2D eigenvalue weighted by Gasteiger charge is -2.10. The quantitative estimate of drug-likeness (QED) is 0.761. The lowest BCUT2D eigenvalue weighted by Crippen LogP contribution is -1.92. The molecule has 4 heteroatoms. The van der Waals surface area contributed by atoms with Crippen molar-refractivity contribution in [2.75, 3.05) is 19.5 Å². The first-order chi connectivity index (χ1) is 7.74. The van der Waals surface area contributed by atoms with E-state index >= 15 is 0 Å². The molecule has 0 unspecified atom stereocenters. The Balaban J connectivity index is 3.04. The molecule has 1 aromatic carbocycles. The third-order valence-electron chi connectivity index (χ3n) is 2.09. The fraction of sp³-hybridized carbons (Fsp3) is 0.333. The average Bonchev–Trinajstić information content (AvgIpc) is 2.31. The van der Waals surface area contributed by atoms with Crippen molar-refractivity contribution in [3.63, 3.8) is 0 Å². The highest BCUT2D eigenvalue weighted by molar-refractivity contribution is 9.09. The molecule has 2 nitrogen and oxygen atoms in total. The van der Waals surface area contributed by atoms with Crippen LogP contribution in [-0.4, -0.2) is 19.5 Å². The van der Waals surface area contributed by atoms with E-state index in [1.165, 1.54) is 0 Å². The van der Waals surface area contributed by atoms with Crippen molar-refractivity contribution in [2.24, 2.45) is 0 Å². The highest BCUT2D eigenvalue weighted by atomic mass is 79.9. The van der Waals surface area contributed by atoms with Crippen molar-refractivity contribution in [2.45, 2.75) is 6.42 Å². The molecule has 0 aromatic heterocycles. The van der Waals surface area contributed by atoms with Gasteiger partial charge in [-0.15, -0.1) is 0 Å². The smallest absolute Gasteiger partial charge is 0.179 e. The van der Waals surface area contributed by atoms with E-state index in [1.807, 2.05) is 18.2 Å². The van der Waals surface area contributed by atoms with Crippen molar-refractivity contribution in [1.82, 2.24) is 0 Å². The highest BCUT2D eigenvalue weighted by Crippen LogP contribution is 2.37. The van der Waals surface area contributed by atoms with Crippen LogP contribution in [0.5, 0.6) is 11.5 Å². The summed E-state index contributed by atoms with van der Waals surface area (Å²) in [4.78, 5) is 0. The van der Waals surface area contributed by atoms with Gasteiger partial charge in [0.2, 0.25) is 0 Å². The van der Waals surface area contributed by atoms with E-state index in [1.54, 1.807) is 14.2 Å². The Morgan fingerprint density at radius 2 is 2.06 bits per heavy atom. The summed E-state index contributed by atoms with van der Waals surface area (Å²) in [5.41, 5.74) is 0.931. The minimum absolute atomic E-state index is 0.574. The molecule has 0 saturated heterocycles. The van der Waals surface area contributed by atoms with Gasteiger partial charge in [-0.05, 0) is 24.1 Å². The monoisotopic (exact) mass is 304 g/mol. The Kier molecular flexibility index (Phi) is 5.71. The summed E-state index contributed by atoms with van der Waals surface area (Å²) in [6, 6.07) is 3.76. The van der Waals surface area contributed by atoms with Gasteiger partial charge in [0, 0.05) is 5.33 Å². The molecule has 0 atom stereocenters. The van der Waals surface area contributed by atoms with Gasteiger partial charge in [0.15, 0.2) is 11.5 Å². The van der Waals surface area contributed by atoms with Crippen LogP contribution in [0.25, 0.3) is 6.08 Å². The summed E-state index contributed by atoms with van der Waals surface area (Å²) < 4.78 is 10.4. The number of ether oxygens (including phenoxy) is 2. The van der Waals surface area contributed by atoms with Gasteiger partial charge < -0.3 is 9.47 Å². The number of hydrogen-bond acceptors (Lipinski definition) is 2. The summed E-state index contributed by atoms with van der Waals surface area (Å²) >= 11 is 9.57. The zero-order chi connectivity index (χ0) is 12.0. The fourth-order valence-corrected chi connectivity index (χ4v) is 1.87. The number of methoxy groups -OCH3 is 2. The van der Waals surface area contributed by atoms with E-state index in [9.17, 15) is 0 Å². The van der Waals surface area contributed by atoms with E-state index in [-0.39, 0.29) is 0 Å². The lowest BCUT2D eigenvalue weighted by molar-refractivity contribution is 0.355. The maximum Gasteiger partial charge on any atom is 0.179 e. The SMILES string of the molecule is COc1ccc(/C=C/CCBr)c(Cl)c1OC. The van der Waals surface area contributed by atoms with Crippen molar-refractivity contribution >= 4 is 33.6 Å². The first kappa shape index (κ1) is 13.4. The molecular weight excluding hydrogens is 291 g/mol. The van der Waals surface area contributed by atoms with Gasteiger partial charge in [0.1, 0.15) is 0 Å². The number of benzene rings is 1. The first-order valence-corrected chi connectivity index (χ1v) is 6.37. The van der Waals surface area contributed by atoms with Crippen LogP contribution in [0.3, 0.4) is 0 Å². The molecule has 0 heterocycles. The van der Waals surface area contributed by atoms with E-state index in [4.69, 9.17) is 21.1 Å². The van der Waals surface area contributed by atoms with Gasteiger partial charge in [-0.25, -0.2) is 0 Å². The number of halogens is 2. The maximum atomic E-state index is 6.20. The Hall–Kier alpha value is -0.670. The molecule has 16 heavy (non-hydrogen) atoms. The van der Waals surface area contributed by atoms with Crippen LogP contribution in [0.15, 0.2) is 18.2 Å². The molecule has 0 aliphatic heterocycles. The van der Waals surface area contributed by atoms with Crippen molar-refractivity contribution in [3.8, 4) is 11.5 Å². The highest BCUT2D eigenvalue weighted by Gasteiger charge is 2.10. The van der Waals surface area contributed by atoms with Gasteiger partial charge in [-0.3, -0.25) is 0 Å². The molecule has 0 N–H and O–H groups in total. The maximum absolute atomic E-state index is 6.20. The zero-order valence-electron chi connectivity index (χ0n) is 9.30. The Labute approximate surface area is 109 Å².